The van der Waals surface area contributed by atoms with Crippen molar-refractivity contribution < 1.29 is 9.53 Å². The number of ether oxygens (including phenoxy) is 1. The first-order valence-corrected chi connectivity index (χ1v) is 10.3. The minimum absolute atomic E-state index is 0.0711. The first kappa shape index (κ1) is 18.7. The molecule has 6 nitrogen and oxygen atoms in total. The molecule has 3 aromatic rings. The molecule has 0 saturated heterocycles. The molecular weight excluding hydrogens is 396 g/mol. The topological polar surface area (TPSA) is 68.2 Å². The van der Waals surface area contributed by atoms with E-state index in [1.54, 1.807) is 17.0 Å². The fourth-order valence-electron chi connectivity index (χ4n) is 3.08. The number of thioether (sulfide) groups is 1. The standard InChI is InChI=1S/C20H17ClN4O2S/c1-3-16(26)25-15-7-5-4-6-14(15)17-18(22-20(28-2)24-23-17)27-19(25)12-8-10-13(21)11-9-12/h4-11,19H,3H2,1-2H3/t19-/m1/s1. The van der Waals surface area contributed by atoms with Crippen LogP contribution in [-0.4, -0.2) is 27.3 Å². The van der Waals surface area contributed by atoms with E-state index in [0.717, 1.165) is 11.1 Å². The summed E-state index contributed by atoms with van der Waals surface area (Å²) in [7, 11) is 0. The molecular formula is C20H17ClN4O2S. The molecule has 0 unspecified atom stereocenters. The smallest absolute Gasteiger partial charge is 0.247 e. The van der Waals surface area contributed by atoms with Crippen LogP contribution in [0.25, 0.3) is 11.3 Å². The van der Waals surface area contributed by atoms with Gasteiger partial charge in [0.25, 0.3) is 0 Å². The predicted molar refractivity (Wildman–Crippen MR) is 110 cm³/mol. The minimum Gasteiger partial charge on any atom is -0.447 e. The molecule has 28 heavy (non-hydrogen) atoms. The Morgan fingerprint density at radius 2 is 1.93 bits per heavy atom. The van der Waals surface area contributed by atoms with Gasteiger partial charge in [0.1, 0.15) is 0 Å². The van der Waals surface area contributed by atoms with Gasteiger partial charge in [-0.15, -0.1) is 10.2 Å². The van der Waals surface area contributed by atoms with Crippen molar-refractivity contribution in [2.75, 3.05) is 11.2 Å². The van der Waals surface area contributed by atoms with Crippen molar-refractivity contribution in [1.82, 2.24) is 15.2 Å². The molecule has 1 aliphatic rings. The van der Waals surface area contributed by atoms with Gasteiger partial charge in [-0.1, -0.05) is 60.6 Å². The second-order valence-corrected chi connectivity index (χ2v) is 7.32. The van der Waals surface area contributed by atoms with E-state index in [9.17, 15) is 4.79 Å². The highest BCUT2D eigenvalue weighted by atomic mass is 35.5. The zero-order valence-corrected chi connectivity index (χ0v) is 16.9. The minimum atomic E-state index is -0.696. The van der Waals surface area contributed by atoms with Crippen molar-refractivity contribution in [1.29, 1.82) is 0 Å². The summed E-state index contributed by atoms with van der Waals surface area (Å²) in [6, 6.07) is 14.8. The van der Waals surface area contributed by atoms with Gasteiger partial charge in [-0.3, -0.25) is 9.69 Å². The van der Waals surface area contributed by atoms with Crippen LogP contribution in [0.2, 0.25) is 5.02 Å². The van der Waals surface area contributed by atoms with E-state index in [2.05, 4.69) is 15.2 Å². The lowest BCUT2D eigenvalue weighted by atomic mass is 10.1. The van der Waals surface area contributed by atoms with Gasteiger partial charge in [0.15, 0.2) is 5.69 Å². The van der Waals surface area contributed by atoms with Gasteiger partial charge < -0.3 is 4.74 Å². The Labute approximate surface area is 171 Å². The van der Waals surface area contributed by atoms with Gasteiger partial charge in [0.2, 0.25) is 23.2 Å². The van der Waals surface area contributed by atoms with E-state index in [0.29, 0.717) is 33.9 Å². The van der Waals surface area contributed by atoms with Gasteiger partial charge in [-0.2, -0.15) is 4.98 Å². The van der Waals surface area contributed by atoms with Crippen LogP contribution in [0.3, 0.4) is 0 Å². The highest BCUT2D eigenvalue weighted by molar-refractivity contribution is 7.98. The molecule has 8 heteroatoms. The summed E-state index contributed by atoms with van der Waals surface area (Å²) in [5.74, 6) is 0.274. The molecule has 2 heterocycles. The maximum atomic E-state index is 13.0. The van der Waals surface area contributed by atoms with E-state index in [-0.39, 0.29) is 5.91 Å². The maximum Gasteiger partial charge on any atom is 0.247 e. The normalized spacial score (nSPS) is 15.2. The van der Waals surface area contributed by atoms with Gasteiger partial charge in [0, 0.05) is 22.6 Å². The Kier molecular flexibility index (Phi) is 5.19. The van der Waals surface area contributed by atoms with Crippen molar-refractivity contribution in [3.05, 3.63) is 59.1 Å². The summed E-state index contributed by atoms with van der Waals surface area (Å²) in [5, 5.41) is 9.60. The Hall–Kier alpha value is -2.64. The number of carbonyl (C=O) groups is 1. The monoisotopic (exact) mass is 412 g/mol. The van der Waals surface area contributed by atoms with Gasteiger partial charge >= 0.3 is 0 Å². The summed E-state index contributed by atoms with van der Waals surface area (Å²) in [6.45, 7) is 1.83. The first-order valence-electron chi connectivity index (χ1n) is 8.74. The molecule has 0 radical (unpaired) electrons. The summed E-state index contributed by atoms with van der Waals surface area (Å²) in [4.78, 5) is 19.1. The third kappa shape index (κ3) is 3.31. The highest BCUT2D eigenvalue weighted by Crippen LogP contribution is 2.43. The van der Waals surface area contributed by atoms with Crippen molar-refractivity contribution in [3.63, 3.8) is 0 Å². The summed E-state index contributed by atoms with van der Waals surface area (Å²) in [6.07, 6.45) is 1.50. The van der Waals surface area contributed by atoms with E-state index < -0.39 is 6.23 Å². The number of benzene rings is 2. The fourth-order valence-corrected chi connectivity index (χ4v) is 3.51. The Bertz CT molecular complexity index is 1030. The van der Waals surface area contributed by atoms with Crippen LogP contribution in [0.5, 0.6) is 5.88 Å². The number of carbonyl (C=O) groups excluding carboxylic acids is 1. The lowest BCUT2D eigenvalue weighted by molar-refractivity contribution is -0.120. The van der Waals surface area contributed by atoms with Gasteiger partial charge in [-0.25, -0.2) is 0 Å². The molecule has 1 aromatic heterocycles. The van der Waals surface area contributed by atoms with Crippen LogP contribution >= 0.6 is 23.4 Å². The zero-order chi connectivity index (χ0) is 19.7. The van der Waals surface area contributed by atoms with Gasteiger partial charge in [-0.05, 0) is 24.5 Å². The Morgan fingerprint density at radius 1 is 1.18 bits per heavy atom. The number of aromatic nitrogens is 3. The van der Waals surface area contributed by atoms with Crippen LogP contribution < -0.4 is 9.64 Å². The highest BCUT2D eigenvalue weighted by Gasteiger charge is 2.35. The molecule has 0 bridgehead atoms. The van der Waals surface area contributed by atoms with Crippen LogP contribution in [-0.2, 0) is 4.79 Å². The van der Waals surface area contributed by atoms with E-state index in [4.69, 9.17) is 16.3 Å². The molecule has 1 amide bonds. The molecule has 0 spiro atoms. The summed E-state index contributed by atoms with van der Waals surface area (Å²) in [5.41, 5.74) is 2.77. The largest absolute Gasteiger partial charge is 0.447 e. The summed E-state index contributed by atoms with van der Waals surface area (Å²) >= 11 is 7.43. The molecule has 1 aliphatic heterocycles. The zero-order valence-electron chi connectivity index (χ0n) is 15.3. The van der Waals surface area contributed by atoms with Crippen LogP contribution in [0.15, 0.2) is 53.7 Å². The van der Waals surface area contributed by atoms with Gasteiger partial charge in [0.05, 0.1) is 5.69 Å². The number of fused-ring (bicyclic) bond motifs is 3. The lowest BCUT2D eigenvalue weighted by Crippen LogP contribution is -2.37. The average molecular weight is 413 g/mol. The van der Waals surface area contributed by atoms with Crippen LogP contribution in [0.1, 0.15) is 25.1 Å². The number of hydrogen-bond donors (Lipinski definition) is 0. The first-order chi connectivity index (χ1) is 13.6. The number of para-hydroxylation sites is 1. The Balaban J connectivity index is 1.96. The van der Waals surface area contributed by atoms with E-state index >= 15 is 0 Å². The second-order valence-electron chi connectivity index (χ2n) is 6.11. The molecule has 1 atom stereocenters. The fraction of sp³-hybridized carbons (Fsp3) is 0.200. The van der Waals surface area contributed by atoms with Crippen molar-refractivity contribution >= 4 is 35.0 Å². The van der Waals surface area contributed by atoms with Crippen LogP contribution in [0.4, 0.5) is 5.69 Å². The number of halogens is 1. The number of anilines is 1. The molecule has 0 aliphatic carbocycles. The van der Waals surface area contributed by atoms with E-state index in [1.165, 1.54) is 11.8 Å². The molecule has 0 saturated carbocycles. The Morgan fingerprint density at radius 3 is 2.64 bits per heavy atom. The lowest BCUT2D eigenvalue weighted by Gasteiger charge is -2.30. The van der Waals surface area contributed by atoms with Crippen LogP contribution in [0, 0.1) is 0 Å². The number of amides is 1. The SMILES string of the molecule is CCC(=O)N1c2ccccc2-c2nnc(SC)nc2O[C@@H]1c1ccc(Cl)cc1. The van der Waals surface area contributed by atoms with Crippen molar-refractivity contribution in [3.8, 4) is 17.1 Å². The third-order valence-electron chi connectivity index (χ3n) is 4.42. The predicted octanol–water partition coefficient (Wildman–Crippen LogP) is 4.75. The average Bonchev–Trinajstić information content (AvgIpc) is 2.88. The quantitative estimate of drug-likeness (QED) is 0.578. The molecule has 0 fully saturated rings. The number of rotatable bonds is 3. The van der Waals surface area contributed by atoms with Crippen molar-refractivity contribution in [2.45, 2.75) is 24.7 Å². The number of nitrogens with zero attached hydrogens (tertiary/aromatic N) is 4. The second kappa shape index (κ2) is 7.77. The number of hydrogen-bond acceptors (Lipinski definition) is 6. The molecule has 142 valence electrons. The molecule has 2 aromatic carbocycles. The molecule has 0 N–H and O–H groups in total. The van der Waals surface area contributed by atoms with Crippen molar-refractivity contribution in [2.24, 2.45) is 0 Å². The maximum absolute atomic E-state index is 13.0. The van der Waals surface area contributed by atoms with E-state index in [1.807, 2.05) is 49.6 Å². The third-order valence-corrected chi connectivity index (χ3v) is 5.21. The summed E-state index contributed by atoms with van der Waals surface area (Å²) < 4.78 is 6.28. The molecule has 4 rings (SSSR count).